The summed E-state index contributed by atoms with van der Waals surface area (Å²) < 4.78 is 5.11. The van der Waals surface area contributed by atoms with Crippen LogP contribution < -0.4 is 21.7 Å². The molecule has 0 bridgehead atoms. The molecule has 0 aliphatic heterocycles. The van der Waals surface area contributed by atoms with E-state index in [0.717, 1.165) is 5.56 Å². The molecule has 0 unspecified atom stereocenters. The molecule has 4 amide bonds. The molecule has 0 spiro atoms. The van der Waals surface area contributed by atoms with E-state index in [0.29, 0.717) is 12.2 Å². The van der Waals surface area contributed by atoms with Gasteiger partial charge in [-0.1, -0.05) is 30.3 Å². The lowest BCUT2D eigenvalue weighted by molar-refractivity contribution is -0.128. The summed E-state index contributed by atoms with van der Waals surface area (Å²) in [6.07, 6.45) is 1.52. The fourth-order valence-corrected chi connectivity index (χ4v) is 2.42. The molecule has 1 aromatic carbocycles. The summed E-state index contributed by atoms with van der Waals surface area (Å²) in [4.78, 5) is 46.3. The van der Waals surface area contributed by atoms with Gasteiger partial charge in [0.15, 0.2) is 0 Å². The van der Waals surface area contributed by atoms with Crippen molar-refractivity contribution in [1.82, 2.24) is 16.0 Å². The molecule has 0 fully saturated rings. The molecule has 0 aliphatic carbocycles. The standard InChI is InChI=1S/C17H24N4O5S/c1-27-8-7-13(16(24)20-10-15(23)19-9-14(18)22)21-17(25)26-11-12-5-3-2-4-6-12/h2-6,13H,7-11H2,1H3,(H2,18,22)(H,19,23)(H,20,24)(H,21,25)/t13-/m1/s1. The van der Waals surface area contributed by atoms with Gasteiger partial charge in [-0.15, -0.1) is 0 Å². The molecule has 9 nitrogen and oxygen atoms in total. The number of hydrogen-bond acceptors (Lipinski definition) is 6. The summed E-state index contributed by atoms with van der Waals surface area (Å²) in [5.41, 5.74) is 5.74. The number of carbonyl (C=O) groups is 4. The van der Waals surface area contributed by atoms with Gasteiger partial charge < -0.3 is 26.4 Å². The largest absolute Gasteiger partial charge is 0.445 e. The average Bonchev–Trinajstić information content (AvgIpc) is 2.66. The number of amides is 4. The lowest BCUT2D eigenvalue weighted by atomic mass is 10.2. The van der Waals surface area contributed by atoms with Crippen LogP contribution in [-0.4, -0.2) is 55.0 Å². The third kappa shape index (κ3) is 10.1. The molecular weight excluding hydrogens is 372 g/mol. The molecule has 0 saturated carbocycles. The van der Waals surface area contributed by atoms with Crippen molar-refractivity contribution in [1.29, 1.82) is 0 Å². The van der Waals surface area contributed by atoms with Crippen LogP contribution in [0.15, 0.2) is 30.3 Å². The van der Waals surface area contributed by atoms with Crippen molar-refractivity contribution in [2.75, 3.05) is 25.1 Å². The van der Waals surface area contributed by atoms with Gasteiger partial charge in [0.05, 0.1) is 13.1 Å². The van der Waals surface area contributed by atoms with E-state index in [2.05, 4.69) is 16.0 Å². The van der Waals surface area contributed by atoms with Crippen LogP contribution in [0.25, 0.3) is 0 Å². The van der Waals surface area contributed by atoms with Crippen LogP contribution in [0.4, 0.5) is 4.79 Å². The minimum atomic E-state index is -0.843. The van der Waals surface area contributed by atoms with E-state index in [1.165, 1.54) is 11.8 Å². The third-order valence-electron chi connectivity index (χ3n) is 3.31. The zero-order valence-corrected chi connectivity index (χ0v) is 15.8. The molecule has 0 aromatic heterocycles. The molecule has 1 atom stereocenters. The molecular formula is C17H24N4O5S. The monoisotopic (exact) mass is 396 g/mol. The number of primary amides is 1. The Morgan fingerprint density at radius 2 is 1.81 bits per heavy atom. The molecule has 10 heteroatoms. The number of benzene rings is 1. The quantitative estimate of drug-likeness (QED) is 0.407. The highest BCUT2D eigenvalue weighted by molar-refractivity contribution is 7.98. The lowest BCUT2D eigenvalue weighted by Gasteiger charge is -2.18. The fraction of sp³-hybridized carbons (Fsp3) is 0.412. The second-order valence-electron chi connectivity index (χ2n) is 5.50. The molecule has 0 aliphatic rings. The first kappa shape index (κ1) is 22.3. The van der Waals surface area contributed by atoms with Gasteiger partial charge in [0.1, 0.15) is 12.6 Å². The summed E-state index contributed by atoms with van der Waals surface area (Å²) in [6.45, 7) is -0.559. The maximum atomic E-state index is 12.2. The minimum absolute atomic E-state index is 0.0824. The van der Waals surface area contributed by atoms with E-state index < -0.39 is 29.9 Å². The van der Waals surface area contributed by atoms with Crippen molar-refractivity contribution < 1.29 is 23.9 Å². The van der Waals surface area contributed by atoms with Crippen molar-refractivity contribution in [3.63, 3.8) is 0 Å². The zero-order valence-electron chi connectivity index (χ0n) is 15.0. The van der Waals surface area contributed by atoms with E-state index in [9.17, 15) is 19.2 Å². The number of ether oxygens (including phenoxy) is 1. The number of hydrogen-bond donors (Lipinski definition) is 4. The second kappa shape index (κ2) is 12.6. The molecule has 1 rings (SSSR count). The van der Waals surface area contributed by atoms with Crippen LogP contribution in [-0.2, 0) is 25.7 Å². The number of nitrogens with one attached hydrogen (secondary N) is 3. The Balaban J connectivity index is 2.47. The molecule has 0 radical (unpaired) electrons. The Bertz CT molecular complexity index is 641. The van der Waals surface area contributed by atoms with Gasteiger partial charge in [-0.25, -0.2) is 4.79 Å². The van der Waals surface area contributed by atoms with Gasteiger partial charge in [-0.3, -0.25) is 14.4 Å². The summed E-state index contributed by atoms with van der Waals surface area (Å²) in [5, 5.41) is 7.17. The van der Waals surface area contributed by atoms with Crippen molar-refractivity contribution in [2.45, 2.75) is 19.1 Å². The fourth-order valence-electron chi connectivity index (χ4n) is 1.95. The maximum Gasteiger partial charge on any atom is 0.408 e. The molecule has 27 heavy (non-hydrogen) atoms. The summed E-state index contributed by atoms with van der Waals surface area (Å²) in [6, 6.07) is 8.30. The number of carbonyl (C=O) groups excluding carboxylic acids is 4. The Kier molecular flexibility index (Phi) is 10.4. The van der Waals surface area contributed by atoms with Crippen LogP contribution in [0, 0.1) is 0 Å². The average molecular weight is 396 g/mol. The topological polar surface area (TPSA) is 140 Å². The van der Waals surface area contributed by atoms with Gasteiger partial charge in [0, 0.05) is 0 Å². The van der Waals surface area contributed by atoms with E-state index in [1.807, 2.05) is 36.6 Å². The van der Waals surface area contributed by atoms with Crippen molar-refractivity contribution in [3.05, 3.63) is 35.9 Å². The van der Waals surface area contributed by atoms with Crippen LogP contribution >= 0.6 is 11.8 Å². The van der Waals surface area contributed by atoms with E-state index in [-0.39, 0.29) is 19.7 Å². The lowest BCUT2D eigenvalue weighted by Crippen LogP contribution is -2.49. The van der Waals surface area contributed by atoms with Gasteiger partial charge in [0.2, 0.25) is 17.7 Å². The molecule has 148 valence electrons. The number of rotatable bonds is 11. The first-order valence-corrected chi connectivity index (χ1v) is 9.60. The van der Waals surface area contributed by atoms with Gasteiger partial charge in [0.25, 0.3) is 0 Å². The highest BCUT2D eigenvalue weighted by atomic mass is 32.2. The molecule has 0 saturated heterocycles. The number of alkyl carbamates (subject to hydrolysis) is 1. The molecule has 5 N–H and O–H groups in total. The summed E-state index contributed by atoms with van der Waals surface area (Å²) in [7, 11) is 0. The van der Waals surface area contributed by atoms with E-state index in [4.69, 9.17) is 10.5 Å². The molecule has 0 heterocycles. The smallest absolute Gasteiger partial charge is 0.408 e. The van der Waals surface area contributed by atoms with Gasteiger partial charge in [-0.2, -0.15) is 11.8 Å². The Hall–Kier alpha value is -2.75. The number of thioether (sulfide) groups is 1. The first-order valence-electron chi connectivity index (χ1n) is 8.21. The highest BCUT2D eigenvalue weighted by Crippen LogP contribution is 2.04. The van der Waals surface area contributed by atoms with Crippen molar-refractivity contribution in [2.24, 2.45) is 5.73 Å². The Morgan fingerprint density at radius 3 is 2.44 bits per heavy atom. The van der Waals surface area contributed by atoms with Crippen LogP contribution in [0.1, 0.15) is 12.0 Å². The SMILES string of the molecule is CSCC[C@@H](NC(=O)OCc1ccccc1)C(=O)NCC(=O)NCC(N)=O. The summed E-state index contributed by atoms with van der Waals surface area (Å²) >= 11 is 1.52. The maximum absolute atomic E-state index is 12.2. The number of nitrogens with two attached hydrogens (primary N) is 1. The second-order valence-corrected chi connectivity index (χ2v) is 6.49. The van der Waals surface area contributed by atoms with Gasteiger partial charge in [-0.05, 0) is 24.0 Å². The van der Waals surface area contributed by atoms with Crippen LogP contribution in [0.2, 0.25) is 0 Å². The van der Waals surface area contributed by atoms with Crippen molar-refractivity contribution in [3.8, 4) is 0 Å². The minimum Gasteiger partial charge on any atom is -0.445 e. The Morgan fingerprint density at radius 1 is 1.11 bits per heavy atom. The van der Waals surface area contributed by atoms with Crippen LogP contribution in [0.3, 0.4) is 0 Å². The zero-order chi connectivity index (χ0) is 20.1. The summed E-state index contributed by atoms with van der Waals surface area (Å²) in [5.74, 6) is -1.13. The predicted octanol–water partition coefficient (Wildman–Crippen LogP) is -0.248. The highest BCUT2D eigenvalue weighted by Gasteiger charge is 2.21. The predicted molar refractivity (Wildman–Crippen MR) is 102 cm³/mol. The van der Waals surface area contributed by atoms with E-state index >= 15 is 0 Å². The third-order valence-corrected chi connectivity index (χ3v) is 3.96. The van der Waals surface area contributed by atoms with Gasteiger partial charge >= 0.3 is 6.09 Å². The van der Waals surface area contributed by atoms with Crippen LogP contribution in [0.5, 0.6) is 0 Å². The van der Waals surface area contributed by atoms with E-state index in [1.54, 1.807) is 0 Å². The Labute approximate surface area is 161 Å². The molecule has 1 aromatic rings. The first-order chi connectivity index (χ1) is 12.9. The normalized spacial score (nSPS) is 11.1. The van der Waals surface area contributed by atoms with Crippen molar-refractivity contribution >= 4 is 35.6 Å².